The Labute approximate surface area is 195 Å². The number of fused-ring (bicyclic) bond motifs is 1. The average molecular weight is 476 g/mol. The maximum absolute atomic E-state index is 12.6. The summed E-state index contributed by atoms with van der Waals surface area (Å²) >= 11 is 1.14. The molecular formula is C22H16N6O5S. The molecule has 0 aliphatic rings. The monoisotopic (exact) mass is 476 g/mol. The SMILES string of the molecule is COC(=O)c1sc(-c2ccncc2)nc1OCc1cnnn1-c1cc2ccc(N)cc2oc1=O. The van der Waals surface area contributed by atoms with Crippen LogP contribution in [0.1, 0.15) is 15.4 Å². The maximum atomic E-state index is 12.6. The molecule has 12 heteroatoms. The van der Waals surface area contributed by atoms with Gasteiger partial charge in [0, 0.05) is 35.1 Å². The molecule has 4 heterocycles. The number of esters is 1. The molecule has 0 atom stereocenters. The largest absolute Gasteiger partial charge is 0.470 e. The second-order valence-corrected chi connectivity index (χ2v) is 8.02. The molecule has 2 N–H and O–H groups in total. The molecule has 5 rings (SSSR count). The second-order valence-electron chi connectivity index (χ2n) is 7.02. The Morgan fingerprint density at radius 2 is 2.03 bits per heavy atom. The number of nitrogens with zero attached hydrogens (tertiary/aromatic N) is 5. The number of nitrogens with two attached hydrogens (primary N) is 1. The second kappa shape index (κ2) is 8.75. The number of benzene rings is 1. The fourth-order valence-corrected chi connectivity index (χ4v) is 4.14. The van der Waals surface area contributed by atoms with E-state index in [-0.39, 0.29) is 23.1 Å². The fraction of sp³-hybridized carbons (Fsp3) is 0.0909. The highest BCUT2D eigenvalue weighted by Gasteiger charge is 2.22. The van der Waals surface area contributed by atoms with Crippen molar-refractivity contribution in [2.75, 3.05) is 12.8 Å². The summed E-state index contributed by atoms with van der Waals surface area (Å²) in [7, 11) is 1.28. The van der Waals surface area contributed by atoms with E-state index in [0.717, 1.165) is 16.9 Å². The smallest absolute Gasteiger partial charge is 0.362 e. The van der Waals surface area contributed by atoms with Crippen LogP contribution in [-0.2, 0) is 11.3 Å². The lowest BCUT2D eigenvalue weighted by molar-refractivity contribution is 0.0600. The molecule has 0 fully saturated rings. The standard InChI is InChI=1S/C22H16N6O5S/c1-31-22(30)18-19(26-20(34-18)12-4-6-24-7-5-12)32-11-15-10-25-27-28(15)16-8-13-2-3-14(23)9-17(13)33-21(16)29/h2-10H,11,23H2,1H3. The first-order chi connectivity index (χ1) is 16.5. The lowest BCUT2D eigenvalue weighted by atomic mass is 10.2. The first-order valence-electron chi connectivity index (χ1n) is 9.89. The third-order valence-electron chi connectivity index (χ3n) is 4.84. The number of thiazole rings is 1. The third kappa shape index (κ3) is 3.97. The summed E-state index contributed by atoms with van der Waals surface area (Å²) < 4.78 is 17.4. The highest BCUT2D eigenvalue weighted by molar-refractivity contribution is 7.17. The number of ether oxygens (including phenoxy) is 2. The highest BCUT2D eigenvalue weighted by atomic mass is 32.1. The van der Waals surface area contributed by atoms with Gasteiger partial charge in [-0.05, 0) is 30.3 Å². The van der Waals surface area contributed by atoms with Crippen LogP contribution >= 0.6 is 11.3 Å². The molecule has 11 nitrogen and oxygen atoms in total. The minimum absolute atomic E-state index is 0.0737. The lowest BCUT2D eigenvalue weighted by Crippen LogP contribution is -2.15. The molecule has 0 radical (unpaired) electrons. The van der Waals surface area contributed by atoms with Crippen molar-refractivity contribution in [3.8, 4) is 22.1 Å². The van der Waals surface area contributed by atoms with E-state index in [9.17, 15) is 9.59 Å². The molecule has 0 bridgehead atoms. The Kier molecular flexibility index (Phi) is 5.47. The van der Waals surface area contributed by atoms with Gasteiger partial charge < -0.3 is 19.6 Å². The summed E-state index contributed by atoms with van der Waals surface area (Å²) in [6, 6.07) is 10.2. The Morgan fingerprint density at radius 1 is 1.21 bits per heavy atom. The molecule has 0 aliphatic heterocycles. The van der Waals surface area contributed by atoms with Crippen LogP contribution in [0.15, 0.2) is 64.2 Å². The van der Waals surface area contributed by atoms with Crippen molar-refractivity contribution in [2.45, 2.75) is 6.61 Å². The van der Waals surface area contributed by atoms with Gasteiger partial charge in [0.05, 0.1) is 13.3 Å². The van der Waals surface area contributed by atoms with Crippen molar-refractivity contribution in [1.29, 1.82) is 0 Å². The van der Waals surface area contributed by atoms with E-state index in [1.807, 2.05) is 0 Å². The van der Waals surface area contributed by atoms with E-state index >= 15 is 0 Å². The molecule has 1 aromatic carbocycles. The van der Waals surface area contributed by atoms with Gasteiger partial charge in [-0.25, -0.2) is 19.3 Å². The van der Waals surface area contributed by atoms with Crippen LogP contribution < -0.4 is 16.1 Å². The van der Waals surface area contributed by atoms with Crippen LogP contribution in [-0.4, -0.2) is 38.0 Å². The number of methoxy groups -OCH3 is 1. The van der Waals surface area contributed by atoms with Crippen LogP contribution in [0.2, 0.25) is 0 Å². The zero-order valence-corrected chi connectivity index (χ0v) is 18.5. The minimum Gasteiger partial charge on any atom is -0.470 e. The van der Waals surface area contributed by atoms with Crippen molar-refractivity contribution >= 4 is 34.0 Å². The summed E-state index contributed by atoms with van der Waals surface area (Å²) in [6.45, 7) is -0.0737. The Balaban J connectivity index is 1.47. The van der Waals surface area contributed by atoms with E-state index in [1.54, 1.807) is 48.8 Å². The Bertz CT molecular complexity index is 1560. The molecular weight excluding hydrogens is 460 g/mol. The topological polar surface area (TPSA) is 148 Å². The van der Waals surface area contributed by atoms with Gasteiger partial charge in [-0.15, -0.1) is 16.4 Å². The summed E-state index contributed by atoms with van der Waals surface area (Å²) in [5.74, 6) is -0.480. The first-order valence-corrected chi connectivity index (χ1v) is 10.7. The summed E-state index contributed by atoms with van der Waals surface area (Å²) in [5, 5.41) is 9.12. The normalized spacial score (nSPS) is 11.0. The number of carbonyl (C=O) groups excluding carboxylic acids is 1. The molecule has 0 aliphatic carbocycles. The maximum Gasteiger partial charge on any atom is 0.362 e. The van der Waals surface area contributed by atoms with E-state index in [2.05, 4.69) is 20.3 Å². The van der Waals surface area contributed by atoms with Crippen molar-refractivity contribution < 1.29 is 18.7 Å². The van der Waals surface area contributed by atoms with Crippen molar-refractivity contribution in [1.82, 2.24) is 25.0 Å². The van der Waals surface area contributed by atoms with Gasteiger partial charge in [0.1, 0.15) is 22.9 Å². The lowest BCUT2D eigenvalue weighted by Gasteiger charge is -2.08. The molecule has 170 valence electrons. The van der Waals surface area contributed by atoms with Crippen LogP contribution in [0.25, 0.3) is 27.2 Å². The Hall–Kier alpha value is -4.58. The predicted octanol–water partition coefficient (Wildman–Crippen LogP) is 2.84. The van der Waals surface area contributed by atoms with Crippen molar-refractivity contribution in [3.05, 3.63) is 76.0 Å². The quantitative estimate of drug-likeness (QED) is 0.220. The first kappa shape index (κ1) is 21.3. The number of aromatic nitrogens is 5. The molecule has 0 amide bonds. The molecule has 4 aromatic heterocycles. The average Bonchev–Trinajstić information content (AvgIpc) is 3.49. The van der Waals surface area contributed by atoms with Crippen LogP contribution in [0.3, 0.4) is 0 Å². The number of hydrogen-bond donors (Lipinski definition) is 1. The molecule has 0 spiro atoms. The number of hydrogen-bond acceptors (Lipinski definition) is 11. The number of nitrogen functional groups attached to an aromatic ring is 1. The van der Waals surface area contributed by atoms with Crippen molar-refractivity contribution in [2.24, 2.45) is 0 Å². The van der Waals surface area contributed by atoms with Gasteiger partial charge in [0.25, 0.3) is 0 Å². The van der Waals surface area contributed by atoms with E-state index in [0.29, 0.717) is 27.4 Å². The van der Waals surface area contributed by atoms with Crippen LogP contribution in [0.5, 0.6) is 5.88 Å². The zero-order chi connectivity index (χ0) is 23.7. The Morgan fingerprint density at radius 3 is 2.82 bits per heavy atom. The summed E-state index contributed by atoms with van der Waals surface area (Å²) in [5.41, 5.74) is 7.36. The number of anilines is 1. The molecule has 0 unspecified atom stereocenters. The number of rotatable bonds is 6. The van der Waals surface area contributed by atoms with Gasteiger partial charge in [-0.2, -0.15) is 0 Å². The van der Waals surface area contributed by atoms with Gasteiger partial charge in [0.2, 0.25) is 5.88 Å². The molecule has 0 saturated carbocycles. The molecule has 0 saturated heterocycles. The minimum atomic E-state index is -0.617. The number of carbonyl (C=O) groups is 1. The van der Waals surface area contributed by atoms with Crippen LogP contribution in [0, 0.1) is 0 Å². The predicted molar refractivity (Wildman–Crippen MR) is 123 cm³/mol. The molecule has 34 heavy (non-hydrogen) atoms. The van der Waals surface area contributed by atoms with Gasteiger partial charge in [-0.3, -0.25) is 4.98 Å². The van der Waals surface area contributed by atoms with E-state index < -0.39 is 11.6 Å². The molecule has 5 aromatic rings. The van der Waals surface area contributed by atoms with E-state index in [1.165, 1.54) is 18.0 Å². The zero-order valence-electron chi connectivity index (χ0n) is 17.7. The van der Waals surface area contributed by atoms with E-state index in [4.69, 9.17) is 19.6 Å². The summed E-state index contributed by atoms with van der Waals surface area (Å²) in [4.78, 5) is 33.5. The van der Waals surface area contributed by atoms with Crippen molar-refractivity contribution in [3.63, 3.8) is 0 Å². The van der Waals surface area contributed by atoms with Gasteiger partial charge in [-0.1, -0.05) is 5.21 Å². The van der Waals surface area contributed by atoms with Gasteiger partial charge >= 0.3 is 11.6 Å². The van der Waals surface area contributed by atoms with Gasteiger partial charge in [0.15, 0.2) is 10.6 Å². The highest BCUT2D eigenvalue weighted by Crippen LogP contribution is 2.33. The third-order valence-corrected chi connectivity index (χ3v) is 5.91. The number of pyridine rings is 1. The van der Waals surface area contributed by atoms with Crippen LogP contribution in [0.4, 0.5) is 5.69 Å². The fourth-order valence-electron chi connectivity index (χ4n) is 3.21. The summed E-state index contributed by atoms with van der Waals surface area (Å²) in [6.07, 6.45) is 4.70.